The van der Waals surface area contributed by atoms with Crippen molar-refractivity contribution in [3.8, 4) is 11.3 Å². The van der Waals surface area contributed by atoms with E-state index in [1.165, 1.54) is 11.3 Å². The number of aromatic nitrogens is 2. The highest BCUT2D eigenvalue weighted by Gasteiger charge is 2.24. The van der Waals surface area contributed by atoms with Gasteiger partial charge in [0.25, 0.3) is 5.91 Å². The first kappa shape index (κ1) is 17.1. The molecule has 6 nitrogen and oxygen atoms in total. The zero-order valence-corrected chi connectivity index (χ0v) is 15.4. The molecule has 1 atom stereocenters. The first-order valence-electron chi connectivity index (χ1n) is 8.43. The van der Waals surface area contributed by atoms with E-state index in [2.05, 4.69) is 15.6 Å². The quantitative estimate of drug-likeness (QED) is 0.723. The third-order valence-corrected chi connectivity index (χ3v) is 5.60. The number of carbonyl (C=O) groups is 2. The van der Waals surface area contributed by atoms with Gasteiger partial charge in [-0.1, -0.05) is 29.8 Å². The summed E-state index contributed by atoms with van der Waals surface area (Å²) in [4.78, 5) is 30.0. The highest BCUT2D eigenvalue weighted by molar-refractivity contribution is 7.15. The molecule has 0 spiro atoms. The molecule has 0 saturated carbocycles. The van der Waals surface area contributed by atoms with Crippen molar-refractivity contribution in [1.82, 2.24) is 20.0 Å². The minimum absolute atomic E-state index is 0.121. The van der Waals surface area contributed by atoms with E-state index in [0.29, 0.717) is 34.3 Å². The molecule has 8 heteroatoms. The van der Waals surface area contributed by atoms with Gasteiger partial charge in [0, 0.05) is 23.7 Å². The molecule has 1 aromatic carbocycles. The van der Waals surface area contributed by atoms with E-state index in [0.717, 1.165) is 18.4 Å². The average molecular weight is 389 g/mol. The normalized spacial score (nSPS) is 17.7. The number of imidazole rings is 1. The van der Waals surface area contributed by atoms with Gasteiger partial charge in [0.15, 0.2) is 4.96 Å². The van der Waals surface area contributed by atoms with Crippen molar-refractivity contribution in [2.45, 2.75) is 25.3 Å². The van der Waals surface area contributed by atoms with E-state index >= 15 is 0 Å². The van der Waals surface area contributed by atoms with Crippen LogP contribution in [-0.4, -0.2) is 33.8 Å². The Hall–Kier alpha value is -2.38. The summed E-state index contributed by atoms with van der Waals surface area (Å²) in [5.74, 6) is -0.397. The summed E-state index contributed by atoms with van der Waals surface area (Å²) in [7, 11) is 0. The molecule has 26 heavy (non-hydrogen) atoms. The Morgan fingerprint density at radius 3 is 3.04 bits per heavy atom. The van der Waals surface area contributed by atoms with E-state index in [1.807, 2.05) is 24.3 Å². The van der Waals surface area contributed by atoms with Crippen molar-refractivity contribution in [1.29, 1.82) is 0 Å². The van der Waals surface area contributed by atoms with Crippen LogP contribution in [0.5, 0.6) is 0 Å². The lowest BCUT2D eigenvalue weighted by Crippen LogP contribution is -2.45. The van der Waals surface area contributed by atoms with Gasteiger partial charge >= 0.3 is 0 Å². The number of fused-ring (bicyclic) bond motifs is 1. The zero-order valence-electron chi connectivity index (χ0n) is 13.9. The van der Waals surface area contributed by atoms with E-state index < -0.39 is 6.04 Å². The number of hydrogen-bond acceptors (Lipinski definition) is 4. The summed E-state index contributed by atoms with van der Waals surface area (Å²) >= 11 is 7.62. The number of nitrogens with zero attached hydrogens (tertiary/aromatic N) is 2. The van der Waals surface area contributed by atoms with Gasteiger partial charge in [-0.25, -0.2) is 4.98 Å². The fourth-order valence-electron chi connectivity index (χ4n) is 3.06. The summed E-state index contributed by atoms with van der Waals surface area (Å²) in [6, 6.07) is 6.97. The van der Waals surface area contributed by atoms with Gasteiger partial charge in [-0.2, -0.15) is 0 Å². The summed E-state index contributed by atoms with van der Waals surface area (Å²) in [6.07, 6.45) is 4.29. The molecule has 1 fully saturated rings. The largest absolute Gasteiger partial charge is 0.354 e. The van der Waals surface area contributed by atoms with Crippen LogP contribution in [0.3, 0.4) is 0 Å². The first-order chi connectivity index (χ1) is 12.6. The number of nitrogens with one attached hydrogen (secondary N) is 2. The second-order valence-corrected chi connectivity index (χ2v) is 7.44. The Bertz CT molecular complexity index is 981. The zero-order chi connectivity index (χ0) is 18.1. The maximum atomic E-state index is 12.7. The maximum absolute atomic E-state index is 12.7. The fourth-order valence-corrected chi connectivity index (χ4v) is 4.14. The highest BCUT2D eigenvalue weighted by Crippen LogP contribution is 2.29. The topological polar surface area (TPSA) is 75.5 Å². The molecule has 3 aromatic rings. The van der Waals surface area contributed by atoms with Crippen LogP contribution in [0.25, 0.3) is 16.2 Å². The molecule has 2 N–H and O–H groups in total. The monoisotopic (exact) mass is 388 g/mol. The third-order valence-electron chi connectivity index (χ3n) is 4.43. The molecule has 134 valence electrons. The van der Waals surface area contributed by atoms with Crippen molar-refractivity contribution >= 4 is 39.7 Å². The smallest absolute Gasteiger partial charge is 0.269 e. The summed E-state index contributed by atoms with van der Waals surface area (Å²) in [6.45, 7) is 0.663. The Morgan fingerprint density at radius 2 is 2.19 bits per heavy atom. The molecule has 0 radical (unpaired) electrons. The average Bonchev–Trinajstić information content (AvgIpc) is 3.14. The Labute approximate surface area is 159 Å². The van der Waals surface area contributed by atoms with Crippen LogP contribution in [0.4, 0.5) is 0 Å². The molecule has 2 aromatic heterocycles. The number of rotatable bonds is 3. The Balaban J connectivity index is 1.61. The fraction of sp³-hybridized carbons (Fsp3) is 0.278. The molecule has 3 heterocycles. The van der Waals surface area contributed by atoms with Gasteiger partial charge in [-0.3, -0.25) is 14.0 Å². The maximum Gasteiger partial charge on any atom is 0.269 e. The second-order valence-electron chi connectivity index (χ2n) is 6.19. The number of benzene rings is 1. The van der Waals surface area contributed by atoms with Crippen molar-refractivity contribution in [3.63, 3.8) is 0 Å². The van der Waals surface area contributed by atoms with Crippen LogP contribution in [0, 0.1) is 0 Å². The predicted molar refractivity (Wildman–Crippen MR) is 102 cm³/mol. The number of halogens is 1. The van der Waals surface area contributed by atoms with E-state index in [-0.39, 0.29) is 11.8 Å². The lowest BCUT2D eigenvalue weighted by Gasteiger charge is -2.14. The van der Waals surface area contributed by atoms with Crippen LogP contribution in [0.2, 0.25) is 5.02 Å². The van der Waals surface area contributed by atoms with Crippen LogP contribution in [0.15, 0.2) is 35.8 Å². The van der Waals surface area contributed by atoms with Crippen LogP contribution in [0.1, 0.15) is 29.8 Å². The lowest BCUT2D eigenvalue weighted by atomic mass is 10.1. The number of thiazole rings is 1. The van der Waals surface area contributed by atoms with Crippen LogP contribution < -0.4 is 10.6 Å². The molecule has 0 unspecified atom stereocenters. The van der Waals surface area contributed by atoms with Gasteiger partial charge in [0.1, 0.15) is 11.7 Å². The standard InChI is InChI=1S/C18H17ClN4O2S/c19-12-6-2-1-5-11(12)14-9-23-15(10-26-18(23)22-14)17(25)21-13-7-3-4-8-20-16(13)24/h1-2,5-6,9-10,13H,3-4,7-8H2,(H,20,24)(H,21,25)/t13-/m0/s1. The molecule has 1 saturated heterocycles. The summed E-state index contributed by atoms with van der Waals surface area (Å²) < 4.78 is 1.74. The van der Waals surface area contributed by atoms with Crippen LogP contribution >= 0.6 is 22.9 Å². The number of hydrogen-bond donors (Lipinski definition) is 2. The second kappa shape index (κ2) is 7.09. The summed E-state index contributed by atoms with van der Waals surface area (Å²) in [5, 5.41) is 8.04. The van der Waals surface area contributed by atoms with Gasteiger partial charge < -0.3 is 10.6 Å². The Morgan fingerprint density at radius 1 is 1.35 bits per heavy atom. The molecule has 2 amide bonds. The summed E-state index contributed by atoms with van der Waals surface area (Å²) in [5.41, 5.74) is 2.00. The molecule has 0 aliphatic carbocycles. The van der Waals surface area contributed by atoms with Crippen molar-refractivity contribution in [2.75, 3.05) is 6.54 Å². The molecular formula is C18H17ClN4O2S. The van der Waals surface area contributed by atoms with Crippen molar-refractivity contribution < 1.29 is 9.59 Å². The van der Waals surface area contributed by atoms with E-state index in [1.54, 1.807) is 16.0 Å². The molecule has 1 aliphatic heterocycles. The van der Waals surface area contributed by atoms with E-state index in [4.69, 9.17) is 11.6 Å². The third kappa shape index (κ3) is 3.20. The van der Waals surface area contributed by atoms with Crippen molar-refractivity contribution in [3.05, 3.63) is 46.6 Å². The predicted octanol–water partition coefficient (Wildman–Crippen LogP) is 3.11. The number of amides is 2. The SMILES string of the molecule is O=C(N[C@H]1CCCCNC1=O)c1csc2nc(-c3ccccc3Cl)cn12. The van der Waals surface area contributed by atoms with Crippen molar-refractivity contribution in [2.24, 2.45) is 0 Å². The van der Waals surface area contributed by atoms with Crippen LogP contribution in [-0.2, 0) is 4.79 Å². The Kier molecular flexibility index (Phi) is 4.65. The first-order valence-corrected chi connectivity index (χ1v) is 9.69. The van der Waals surface area contributed by atoms with Gasteiger partial charge in [0.05, 0.1) is 10.7 Å². The lowest BCUT2D eigenvalue weighted by molar-refractivity contribution is -0.122. The minimum Gasteiger partial charge on any atom is -0.354 e. The molecule has 1 aliphatic rings. The van der Waals surface area contributed by atoms with Gasteiger partial charge in [-0.15, -0.1) is 11.3 Å². The van der Waals surface area contributed by atoms with E-state index in [9.17, 15) is 9.59 Å². The molecule has 4 rings (SSSR count). The molecule has 0 bridgehead atoms. The highest BCUT2D eigenvalue weighted by atomic mass is 35.5. The van der Waals surface area contributed by atoms with Gasteiger partial charge in [0.2, 0.25) is 5.91 Å². The van der Waals surface area contributed by atoms with Gasteiger partial charge in [-0.05, 0) is 25.3 Å². The number of carbonyl (C=O) groups excluding carboxylic acids is 2. The minimum atomic E-state index is -0.494. The molecular weight excluding hydrogens is 372 g/mol.